The molecule has 2 aliphatic carbocycles. The summed E-state index contributed by atoms with van der Waals surface area (Å²) in [7, 11) is 0. The normalized spacial score (nSPS) is 14.2. The molecule has 0 radical (unpaired) electrons. The van der Waals surface area contributed by atoms with Crippen molar-refractivity contribution in [2.45, 2.75) is 25.7 Å². The van der Waals surface area contributed by atoms with Crippen LogP contribution in [0.3, 0.4) is 0 Å². The Morgan fingerprint density at radius 1 is 0.435 bits per heavy atom. The first kappa shape index (κ1) is 26.9. The van der Waals surface area contributed by atoms with E-state index in [-0.39, 0.29) is 0 Å². The standard InChI is InChI=1S/C46H34/c1-4-10-31(11-5-1)38-28-39(32-12-6-2-7-13-32)30-40(29-38)33-16-18-35(19-17-33)42-25-21-37-22-26-43-41(34-14-8-3-9-15-34)24-20-36-23-27-44(42)46(37)45(36)43/h1-2,4-8,10-20,22-24,26-30H,3,9,21,25H2. The molecule has 9 rings (SSSR count). The number of hydrogen-bond donors (Lipinski definition) is 0. The topological polar surface area (TPSA) is 0 Å². The van der Waals surface area contributed by atoms with E-state index in [2.05, 4.69) is 158 Å². The van der Waals surface area contributed by atoms with Gasteiger partial charge in [0.15, 0.2) is 0 Å². The van der Waals surface area contributed by atoms with Crippen molar-refractivity contribution in [3.05, 3.63) is 180 Å². The summed E-state index contributed by atoms with van der Waals surface area (Å²) < 4.78 is 0. The third-order valence-corrected chi connectivity index (χ3v) is 9.99. The van der Waals surface area contributed by atoms with Gasteiger partial charge in [-0.1, -0.05) is 140 Å². The molecule has 0 aliphatic heterocycles. The first-order chi connectivity index (χ1) is 22.8. The van der Waals surface area contributed by atoms with Gasteiger partial charge in [0, 0.05) is 0 Å². The highest BCUT2D eigenvalue weighted by molar-refractivity contribution is 6.16. The van der Waals surface area contributed by atoms with E-state index in [0.717, 1.165) is 25.7 Å². The summed E-state index contributed by atoms with van der Waals surface area (Å²) >= 11 is 0. The van der Waals surface area contributed by atoms with Crippen LogP contribution < -0.4 is 5.22 Å². The molecule has 0 nitrogen and oxygen atoms in total. The number of allylic oxidation sites excluding steroid dienone is 4. The summed E-state index contributed by atoms with van der Waals surface area (Å²) in [6, 6.07) is 51.9. The Hall–Kier alpha value is -5.46. The van der Waals surface area contributed by atoms with Crippen LogP contribution in [0.25, 0.3) is 66.1 Å². The van der Waals surface area contributed by atoms with Gasteiger partial charge in [0.1, 0.15) is 0 Å². The Labute approximate surface area is 270 Å². The molecule has 0 saturated carbocycles. The highest BCUT2D eigenvalue weighted by Gasteiger charge is 2.19. The average molecular weight is 587 g/mol. The molecule has 46 heavy (non-hydrogen) atoms. The predicted molar refractivity (Wildman–Crippen MR) is 197 cm³/mol. The number of rotatable bonds is 5. The molecule has 0 spiro atoms. The monoisotopic (exact) mass is 586 g/mol. The number of aryl methyl sites for hydroxylation is 1. The molecule has 0 unspecified atom stereocenters. The van der Waals surface area contributed by atoms with E-state index >= 15 is 0 Å². The van der Waals surface area contributed by atoms with Gasteiger partial charge in [-0.3, -0.25) is 0 Å². The molecule has 0 heterocycles. The molecule has 0 bridgehead atoms. The molecule has 218 valence electrons. The summed E-state index contributed by atoms with van der Waals surface area (Å²) in [6.45, 7) is 0. The van der Waals surface area contributed by atoms with Gasteiger partial charge in [-0.2, -0.15) is 0 Å². The van der Waals surface area contributed by atoms with E-state index in [1.807, 2.05) is 0 Å². The van der Waals surface area contributed by atoms with Crippen molar-refractivity contribution in [1.29, 1.82) is 0 Å². The van der Waals surface area contributed by atoms with Crippen LogP contribution in [0.2, 0.25) is 0 Å². The van der Waals surface area contributed by atoms with Gasteiger partial charge in [0.05, 0.1) is 0 Å². The van der Waals surface area contributed by atoms with E-state index in [0.29, 0.717) is 0 Å². The number of hydrogen-bond acceptors (Lipinski definition) is 0. The van der Waals surface area contributed by atoms with Gasteiger partial charge < -0.3 is 0 Å². The average Bonchev–Trinajstić information content (AvgIpc) is 3.14. The van der Waals surface area contributed by atoms with Crippen molar-refractivity contribution >= 4 is 32.7 Å². The second-order valence-electron chi connectivity index (χ2n) is 12.7. The molecule has 0 N–H and O–H groups in total. The van der Waals surface area contributed by atoms with Crippen molar-refractivity contribution in [3.8, 4) is 33.4 Å². The second-order valence-corrected chi connectivity index (χ2v) is 12.7. The maximum absolute atomic E-state index is 2.40. The van der Waals surface area contributed by atoms with Gasteiger partial charge >= 0.3 is 0 Å². The van der Waals surface area contributed by atoms with Crippen LogP contribution in [0.15, 0.2) is 158 Å². The maximum Gasteiger partial charge on any atom is -0.00237 e. The van der Waals surface area contributed by atoms with Crippen molar-refractivity contribution in [1.82, 2.24) is 0 Å². The molecule has 7 aromatic carbocycles. The third kappa shape index (κ3) is 4.61. The van der Waals surface area contributed by atoms with E-state index in [9.17, 15) is 0 Å². The molecule has 2 aliphatic rings. The smallest absolute Gasteiger partial charge is 0.00237 e. The number of benzene rings is 7. The van der Waals surface area contributed by atoms with Crippen molar-refractivity contribution in [2.75, 3.05) is 0 Å². The minimum Gasteiger partial charge on any atom is -0.0836 e. The van der Waals surface area contributed by atoms with Crippen LogP contribution >= 0.6 is 0 Å². The summed E-state index contributed by atoms with van der Waals surface area (Å²) in [5.41, 5.74) is 14.4. The Kier molecular flexibility index (Phi) is 6.53. The minimum atomic E-state index is 1.06. The first-order valence-electron chi connectivity index (χ1n) is 16.5. The molecule has 0 amide bonds. The fourth-order valence-electron chi connectivity index (χ4n) is 7.69. The summed E-state index contributed by atoms with van der Waals surface area (Å²) in [5.74, 6) is 0. The summed E-state index contributed by atoms with van der Waals surface area (Å²) in [4.78, 5) is 0. The lowest BCUT2D eigenvalue weighted by atomic mass is 9.82. The van der Waals surface area contributed by atoms with Gasteiger partial charge in [-0.15, -0.1) is 0 Å². The Balaban J connectivity index is 1.17. The van der Waals surface area contributed by atoms with Crippen molar-refractivity contribution in [2.24, 2.45) is 0 Å². The highest BCUT2D eigenvalue weighted by atomic mass is 14.2. The lowest BCUT2D eigenvalue weighted by molar-refractivity contribution is 1.01. The predicted octanol–water partition coefficient (Wildman–Crippen LogP) is 11.6. The Morgan fingerprint density at radius 2 is 1.07 bits per heavy atom. The fourth-order valence-corrected chi connectivity index (χ4v) is 7.69. The van der Waals surface area contributed by atoms with E-state index < -0.39 is 0 Å². The minimum absolute atomic E-state index is 1.06. The van der Waals surface area contributed by atoms with E-state index in [1.165, 1.54) is 88.0 Å². The van der Waals surface area contributed by atoms with Crippen LogP contribution in [0.4, 0.5) is 0 Å². The van der Waals surface area contributed by atoms with Crippen molar-refractivity contribution in [3.63, 3.8) is 0 Å². The quantitative estimate of drug-likeness (QED) is 0.188. The zero-order chi connectivity index (χ0) is 30.5. The van der Waals surface area contributed by atoms with Gasteiger partial charge in [-0.05, 0) is 132 Å². The zero-order valence-electron chi connectivity index (χ0n) is 25.8. The molecule has 7 aromatic rings. The fraction of sp³-hybridized carbons (Fsp3) is 0.0870. The van der Waals surface area contributed by atoms with Gasteiger partial charge in [0.2, 0.25) is 0 Å². The molecular weight excluding hydrogens is 553 g/mol. The van der Waals surface area contributed by atoms with Crippen LogP contribution in [0.1, 0.15) is 36.0 Å². The third-order valence-electron chi connectivity index (χ3n) is 9.99. The maximum atomic E-state index is 2.40. The molecule has 0 aromatic heterocycles. The van der Waals surface area contributed by atoms with Crippen molar-refractivity contribution < 1.29 is 0 Å². The molecular formula is C46H34. The Morgan fingerprint density at radius 3 is 1.72 bits per heavy atom. The Bertz CT molecular complexity index is 2310. The van der Waals surface area contributed by atoms with Gasteiger partial charge in [-0.25, -0.2) is 0 Å². The molecule has 0 saturated heterocycles. The van der Waals surface area contributed by atoms with Crippen LogP contribution in [0, 0.1) is 0 Å². The van der Waals surface area contributed by atoms with E-state index in [1.54, 1.807) is 0 Å². The molecule has 0 fully saturated rings. The van der Waals surface area contributed by atoms with E-state index in [4.69, 9.17) is 0 Å². The lowest BCUT2D eigenvalue weighted by Gasteiger charge is -2.21. The van der Waals surface area contributed by atoms with Crippen LogP contribution in [-0.2, 0) is 6.42 Å². The lowest BCUT2D eigenvalue weighted by Crippen LogP contribution is -2.16. The molecule has 0 atom stereocenters. The van der Waals surface area contributed by atoms with Gasteiger partial charge in [0.25, 0.3) is 0 Å². The second kappa shape index (κ2) is 11.2. The largest absolute Gasteiger partial charge is 0.0836 e. The van der Waals surface area contributed by atoms with Crippen LogP contribution in [-0.4, -0.2) is 0 Å². The zero-order valence-corrected chi connectivity index (χ0v) is 25.8. The SMILES string of the molecule is C1=CC(c2ccc3ccc4c5c(ccc2c35)CCC=4c2ccc(-c3cc(-c4ccccc4)cc(-c4ccccc4)c3)cc2)=CCC1. The summed E-state index contributed by atoms with van der Waals surface area (Å²) in [6.07, 6.45) is 11.4. The molecule has 0 heteroatoms. The highest BCUT2D eigenvalue weighted by Crippen LogP contribution is 2.38. The summed E-state index contributed by atoms with van der Waals surface area (Å²) in [5, 5.41) is 6.98. The first-order valence-corrected chi connectivity index (χ1v) is 16.5. The van der Waals surface area contributed by atoms with Crippen LogP contribution in [0.5, 0.6) is 0 Å².